The van der Waals surface area contributed by atoms with Gasteiger partial charge in [-0.3, -0.25) is 9.27 Å². The van der Waals surface area contributed by atoms with E-state index in [1.54, 1.807) is 0 Å². The van der Waals surface area contributed by atoms with E-state index >= 15 is 0 Å². The SMILES string of the molecule is COc1cc(C#N)ccc1NS(=O)(=O)O.[Na]. The van der Waals surface area contributed by atoms with Crippen LogP contribution >= 0.6 is 0 Å². The normalized spacial score (nSPS) is 9.81. The van der Waals surface area contributed by atoms with Gasteiger partial charge in [-0.25, -0.2) is 0 Å². The predicted molar refractivity (Wildman–Crippen MR) is 58.6 cm³/mol. The van der Waals surface area contributed by atoms with Gasteiger partial charge < -0.3 is 4.74 Å². The van der Waals surface area contributed by atoms with Crippen LogP contribution in [0.3, 0.4) is 0 Å². The van der Waals surface area contributed by atoms with E-state index in [1.807, 2.05) is 10.8 Å². The van der Waals surface area contributed by atoms with Crippen molar-refractivity contribution in [3.63, 3.8) is 0 Å². The van der Waals surface area contributed by atoms with Crippen LogP contribution in [0.25, 0.3) is 0 Å². The Morgan fingerprint density at radius 2 is 2.12 bits per heavy atom. The molecule has 0 atom stereocenters. The molecule has 1 rings (SSSR count). The van der Waals surface area contributed by atoms with Crippen LogP contribution < -0.4 is 9.46 Å². The molecule has 6 nitrogen and oxygen atoms in total. The number of benzene rings is 1. The van der Waals surface area contributed by atoms with Gasteiger partial charge in [0, 0.05) is 35.6 Å². The van der Waals surface area contributed by atoms with Crippen LogP contribution in [0.15, 0.2) is 18.2 Å². The van der Waals surface area contributed by atoms with Crippen molar-refractivity contribution in [2.45, 2.75) is 0 Å². The number of nitrogens with zero attached hydrogens (tertiary/aromatic N) is 1. The van der Waals surface area contributed by atoms with E-state index in [-0.39, 0.29) is 41.0 Å². The maximum Gasteiger partial charge on any atom is 0.357 e. The molecule has 0 aliphatic carbocycles. The average Bonchev–Trinajstić information content (AvgIpc) is 2.16. The van der Waals surface area contributed by atoms with Crippen LogP contribution in [0.5, 0.6) is 5.75 Å². The maximum absolute atomic E-state index is 10.5. The second kappa shape index (κ2) is 6.08. The molecule has 0 saturated heterocycles. The van der Waals surface area contributed by atoms with Crippen molar-refractivity contribution in [3.8, 4) is 11.8 Å². The predicted octanol–water partition coefficient (Wildman–Crippen LogP) is 0.401. The second-order valence-electron chi connectivity index (χ2n) is 2.60. The third-order valence-corrected chi connectivity index (χ3v) is 2.05. The standard InChI is InChI=1S/C8H8N2O4S.Na/c1-14-8-4-6(5-9)2-3-7(8)10-15(11,12)13;/h2-4,10H,1H3,(H,11,12,13);. The zero-order valence-corrected chi connectivity index (χ0v) is 11.6. The number of anilines is 1. The molecule has 1 aromatic rings. The Labute approximate surface area is 115 Å². The minimum atomic E-state index is -4.34. The largest absolute Gasteiger partial charge is 0.495 e. The van der Waals surface area contributed by atoms with E-state index < -0.39 is 10.3 Å². The molecule has 1 radical (unpaired) electrons. The fraction of sp³-hybridized carbons (Fsp3) is 0.125. The monoisotopic (exact) mass is 251 g/mol. The summed E-state index contributed by atoms with van der Waals surface area (Å²) in [6.45, 7) is 0. The number of hydrogen-bond donors (Lipinski definition) is 2. The summed E-state index contributed by atoms with van der Waals surface area (Å²) in [5, 5.41) is 8.59. The Morgan fingerprint density at radius 1 is 1.50 bits per heavy atom. The quantitative estimate of drug-likeness (QED) is 0.598. The van der Waals surface area contributed by atoms with Gasteiger partial charge in [0.15, 0.2) is 0 Å². The average molecular weight is 251 g/mol. The molecular formula is C8H8N2NaO4S. The van der Waals surface area contributed by atoms with Crippen molar-refractivity contribution < 1.29 is 17.7 Å². The van der Waals surface area contributed by atoms with Gasteiger partial charge in [-0.05, 0) is 12.1 Å². The summed E-state index contributed by atoms with van der Waals surface area (Å²) >= 11 is 0. The Morgan fingerprint density at radius 3 is 2.56 bits per heavy atom. The number of nitriles is 1. The summed E-state index contributed by atoms with van der Waals surface area (Å²) in [4.78, 5) is 0. The molecule has 0 unspecified atom stereocenters. The first-order chi connectivity index (χ1) is 6.96. The van der Waals surface area contributed by atoms with E-state index in [1.165, 1.54) is 25.3 Å². The third-order valence-electron chi connectivity index (χ3n) is 1.57. The summed E-state index contributed by atoms with van der Waals surface area (Å²) in [6, 6.07) is 5.95. The van der Waals surface area contributed by atoms with Gasteiger partial charge >= 0.3 is 10.3 Å². The van der Waals surface area contributed by atoms with E-state index in [0.717, 1.165) is 0 Å². The molecule has 0 fully saturated rings. The molecule has 1 aromatic carbocycles. The first kappa shape index (κ1) is 15.2. The minimum absolute atomic E-state index is 0. The van der Waals surface area contributed by atoms with Crippen LogP contribution in [-0.2, 0) is 10.3 Å². The summed E-state index contributed by atoms with van der Waals surface area (Å²) in [7, 11) is -3.02. The van der Waals surface area contributed by atoms with Crippen LogP contribution in [-0.4, -0.2) is 49.6 Å². The Balaban J connectivity index is 0.00000225. The Kier molecular flexibility index (Phi) is 5.78. The van der Waals surface area contributed by atoms with Gasteiger partial charge in [-0.1, -0.05) is 0 Å². The van der Waals surface area contributed by atoms with Gasteiger partial charge in [0.2, 0.25) is 0 Å². The number of methoxy groups -OCH3 is 1. The van der Waals surface area contributed by atoms with Crippen molar-refractivity contribution in [2.24, 2.45) is 0 Å². The maximum atomic E-state index is 10.5. The van der Waals surface area contributed by atoms with Crippen molar-refractivity contribution in [3.05, 3.63) is 23.8 Å². The molecule has 0 amide bonds. The molecule has 0 aliphatic heterocycles. The van der Waals surface area contributed by atoms with Crippen molar-refractivity contribution in [2.75, 3.05) is 11.8 Å². The van der Waals surface area contributed by atoms with Gasteiger partial charge in [0.1, 0.15) is 5.75 Å². The number of nitrogens with one attached hydrogen (secondary N) is 1. The van der Waals surface area contributed by atoms with E-state index in [0.29, 0.717) is 5.56 Å². The fourth-order valence-electron chi connectivity index (χ4n) is 0.984. The molecule has 16 heavy (non-hydrogen) atoms. The third kappa shape index (κ3) is 4.38. The molecule has 0 aliphatic rings. The summed E-state index contributed by atoms with van der Waals surface area (Å²) in [6.07, 6.45) is 0. The summed E-state index contributed by atoms with van der Waals surface area (Å²) in [5.74, 6) is 0.159. The molecule has 0 spiro atoms. The molecule has 0 heterocycles. The number of ether oxygens (including phenoxy) is 1. The topological polar surface area (TPSA) is 99.4 Å². The zero-order valence-electron chi connectivity index (χ0n) is 8.76. The van der Waals surface area contributed by atoms with Gasteiger partial charge in [0.25, 0.3) is 0 Å². The zero-order chi connectivity index (χ0) is 11.5. The summed E-state index contributed by atoms with van der Waals surface area (Å²) < 4.78 is 36.3. The van der Waals surface area contributed by atoms with Crippen LogP contribution in [0.1, 0.15) is 5.56 Å². The summed E-state index contributed by atoms with van der Waals surface area (Å²) in [5.41, 5.74) is 0.395. The molecule has 0 saturated carbocycles. The smallest absolute Gasteiger partial charge is 0.357 e. The number of hydrogen-bond acceptors (Lipinski definition) is 4. The van der Waals surface area contributed by atoms with Crippen LogP contribution in [0, 0.1) is 11.3 Å². The van der Waals surface area contributed by atoms with Gasteiger partial charge in [-0.2, -0.15) is 13.7 Å². The molecule has 81 valence electrons. The number of rotatable bonds is 3. The second-order valence-corrected chi connectivity index (χ2v) is 3.76. The molecule has 0 aromatic heterocycles. The minimum Gasteiger partial charge on any atom is -0.495 e. The first-order valence-corrected chi connectivity index (χ1v) is 5.23. The molecular weight excluding hydrogens is 243 g/mol. The van der Waals surface area contributed by atoms with Gasteiger partial charge in [-0.15, -0.1) is 0 Å². The van der Waals surface area contributed by atoms with E-state index in [2.05, 4.69) is 0 Å². The van der Waals surface area contributed by atoms with E-state index in [4.69, 9.17) is 14.6 Å². The van der Waals surface area contributed by atoms with Crippen LogP contribution in [0.4, 0.5) is 5.69 Å². The Bertz CT molecular complexity index is 509. The first-order valence-electron chi connectivity index (χ1n) is 3.79. The van der Waals surface area contributed by atoms with Crippen molar-refractivity contribution in [1.82, 2.24) is 0 Å². The fourth-order valence-corrected chi connectivity index (χ4v) is 1.43. The molecule has 8 heteroatoms. The van der Waals surface area contributed by atoms with Crippen molar-refractivity contribution in [1.29, 1.82) is 5.26 Å². The molecule has 0 bridgehead atoms. The van der Waals surface area contributed by atoms with Crippen LogP contribution in [0.2, 0.25) is 0 Å². The van der Waals surface area contributed by atoms with Crippen molar-refractivity contribution >= 4 is 45.5 Å². The molecule has 2 N–H and O–H groups in total. The Hall–Kier alpha value is -0.780. The van der Waals surface area contributed by atoms with E-state index in [9.17, 15) is 8.42 Å². The van der Waals surface area contributed by atoms with Gasteiger partial charge in [0.05, 0.1) is 24.4 Å².